The molecule has 3 nitrogen and oxygen atoms in total. The zero-order valence-electron chi connectivity index (χ0n) is 12.6. The standard InChI is InChI=1S/C17H23NO2S/c1-3-21(19,20)17-7-5-4-6-16(17)18-12(2)15-11-13-8-9-14(15)10-13/h4-9,12-15,18H,3,10-11H2,1-2H3. The fourth-order valence-corrected chi connectivity index (χ4v) is 4.82. The lowest BCUT2D eigenvalue weighted by Crippen LogP contribution is -2.29. The van der Waals surface area contributed by atoms with Gasteiger partial charge < -0.3 is 5.32 Å². The zero-order valence-corrected chi connectivity index (χ0v) is 13.4. The van der Waals surface area contributed by atoms with Crippen LogP contribution in [-0.2, 0) is 9.84 Å². The molecule has 1 N–H and O–H groups in total. The van der Waals surface area contributed by atoms with E-state index in [1.807, 2.05) is 12.1 Å². The highest BCUT2D eigenvalue weighted by atomic mass is 32.2. The van der Waals surface area contributed by atoms with E-state index in [0.29, 0.717) is 16.7 Å². The predicted octanol–water partition coefficient (Wildman–Crippen LogP) is 3.49. The van der Waals surface area contributed by atoms with E-state index in [1.165, 1.54) is 12.8 Å². The Morgan fingerprint density at radius 3 is 2.62 bits per heavy atom. The number of fused-ring (bicyclic) bond motifs is 2. The van der Waals surface area contributed by atoms with Crippen LogP contribution < -0.4 is 5.32 Å². The molecule has 1 aromatic rings. The Morgan fingerprint density at radius 2 is 2.00 bits per heavy atom. The van der Waals surface area contributed by atoms with Gasteiger partial charge in [0.2, 0.25) is 0 Å². The summed E-state index contributed by atoms with van der Waals surface area (Å²) in [6.45, 7) is 3.87. The molecule has 0 aromatic heterocycles. The third-order valence-corrected chi connectivity index (χ3v) is 6.74. The van der Waals surface area contributed by atoms with Crippen LogP contribution in [0.5, 0.6) is 0 Å². The second-order valence-corrected chi connectivity index (χ2v) is 8.52. The smallest absolute Gasteiger partial charge is 0.180 e. The van der Waals surface area contributed by atoms with Crippen molar-refractivity contribution in [2.75, 3.05) is 11.1 Å². The summed E-state index contributed by atoms with van der Waals surface area (Å²) < 4.78 is 24.4. The summed E-state index contributed by atoms with van der Waals surface area (Å²) in [6, 6.07) is 7.55. The van der Waals surface area contributed by atoms with E-state index in [1.54, 1.807) is 19.1 Å². The SMILES string of the molecule is CCS(=O)(=O)c1ccccc1NC(C)C1CC2C=CC1C2. The third-order valence-electron chi connectivity index (χ3n) is 4.96. The van der Waals surface area contributed by atoms with Gasteiger partial charge in [-0.3, -0.25) is 0 Å². The average Bonchev–Trinajstić information content (AvgIpc) is 3.10. The van der Waals surface area contributed by atoms with Crippen LogP contribution in [0.15, 0.2) is 41.3 Å². The molecular weight excluding hydrogens is 282 g/mol. The van der Waals surface area contributed by atoms with E-state index >= 15 is 0 Å². The Balaban J connectivity index is 1.81. The molecule has 0 saturated heterocycles. The molecule has 0 radical (unpaired) electrons. The monoisotopic (exact) mass is 305 g/mol. The molecule has 0 heterocycles. The van der Waals surface area contributed by atoms with Gasteiger partial charge in [-0.1, -0.05) is 31.2 Å². The van der Waals surface area contributed by atoms with Crippen molar-refractivity contribution in [2.45, 2.75) is 37.6 Å². The van der Waals surface area contributed by atoms with Crippen molar-refractivity contribution in [1.82, 2.24) is 0 Å². The van der Waals surface area contributed by atoms with Gasteiger partial charge in [-0.2, -0.15) is 0 Å². The van der Waals surface area contributed by atoms with E-state index in [0.717, 1.165) is 11.6 Å². The molecule has 1 aromatic carbocycles. The summed E-state index contributed by atoms with van der Waals surface area (Å²) in [4.78, 5) is 0.429. The van der Waals surface area contributed by atoms with Crippen molar-refractivity contribution in [1.29, 1.82) is 0 Å². The molecular formula is C17H23NO2S. The van der Waals surface area contributed by atoms with Crippen LogP contribution in [0.1, 0.15) is 26.7 Å². The van der Waals surface area contributed by atoms with Crippen LogP contribution in [0.2, 0.25) is 0 Å². The van der Waals surface area contributed by atoms with Crippen molar-refractivity contribution in [2.24, 2.45) is 17.8 Å². The summed E-state index contributed by atoms with van der Waals surface area (Å²) in [5, 5.41) is 3.46. The molecule has 4 unspecified atom stereocenters. The quantitative estimate of drug-likeness (QED) is 0.847. The summed E-state index contributed by atoms with van der Waals surface area (Å²) in [6.07, 6.45) is 7.17. The number of benzene rings is 1. The molecule has 0 aliphatic heterocycles. The van der Waals surface area contributed by atoms with Crippen LogP contribution in [0.3, 0.4) is 0 Å². The number of hydrogen-bond donors (Lipinski definition) is 1. The number of nitrogens with one attached hydrogen (secondary N) is 1. The minimum Gasteiger partial charge on any atom is -0.381 e. The first-order chi connectivity index (χ1) is 10.0. The minimum absolute atomic E-state index is 0.136. The van der Waals surface area contributed by atoms with Gasteiger partial charge in [0.1, 0.15) is 0 Å². The van der Waals surface area contributed by atoms with Gasteiger partial charge in [0.25, 0.3) is 0 Å². The first-order valence-electron chi connectivity index (χ1n) is 7.78. The van der Waals surface area contributed by atoms with Gasteiger partial charge in [0, 0.05) is 6.04 Å². The van der Waals surface area contributed by atoms with E-state index < -0.39 is 9.84 Å². The van der Waals surface area contributed by atoms with Gasteiger partial charge in [-0.05, 0) is 49.7 Å². The van der Waals surface area contributed by atoms with Gasteiger partial charge in [0.15, 0.2) is 9.84 Å². The number of hydrogen-bond acceptors (Lipinski definition) is 3. The number of para-hydroxylation sites is 1. The average molecular weight is 305 g/mol. The number of allylic oxidation sites excluding steroid dienone is 2. The van der Waals surface area contributed by atoms with Crippen molar-refractivity contribution < 1.29 is 8.42 Å². The zero-order chi connectivity index (χ0) is 15.0. The third kappa shape index (κ3) is 2.73. The largest absolute Gasteiger partial charge is 0.381 e. The molecule has 21 heavy (non-hydrogen) atoms. The summed E-state index contributed by atoms with van der Waals surface area (Å²) in [5.41, 5.74) is 0.749. The molecule has 1 saturated carbocycles. The summed E-state index contributed by atoms with van der Waals surface area (Å²) in [5.74, 6) is 2.14. The molecule has 0 spiro atoms. The Morgan fingerprint density at radius 1 is 1.24 bits per heavy atom. The highest BCUT2D eigenvalue weighted by Gasteiger charge is 2.38. The first kappa shape index (κ1) is 14.6. The van der Waals surface area contributed by atoms with Gasteiger partial charge >= 0.3 is 0 Å². The lowest BCUT2D eigenvalue weighted by atomic mass is 9.87. The van der Waals surface area contributed by atoms with E-state index in [-0.39, 0.29) is 11.8 Å². The second-order valence-electron chi connectivity index (χ2n) is 6.28. The Bertz CT molecular complexity index is 651. The Labute approximate surface area is 127 Å². The highest BCUT2D eigenvalue weighted by molar-refractivity contribution is 7.91. The van der Waals surface area contributed by atoms with Crippen molar-refractivity contribution >= 4 is 15.5 Å². The maximum atomic E-state index is 12.2. The molecule has 2 bridgehead atoms. The van der Waals surface area contributed by atoms with Crippen LogP contribution in [0.4, 0.5) is 5.69 Å². The summed E-state index contributed by atoms with van der Waals surface area (Å²) >= 11 is 0. The Kier molecular flexibility index (Phi) is 3.82. The maximum Gasteiger partial charge on any atom is 0.180 e. The minimum atomic E-state index is -3.18. The highest BCUT2D eigenvalue weighted by Crippen LogP contribution is 2.45. The van der Waals surface area contributed by atoms with Crippen LogP contribution in [-0.4, -0.2) is 20.2 Å². The fraction of sp³-hybridized carbons (Fsp3) is 0.529. The van der Waals surface area contributed by atoms with Crippen LogP contribution in [0.25, 0.3) is 0 Å². The van der Waals surface area contributed by atoms with E-state index in [9.17, 15) is 8.42 Å². The van der Waals surface area contributed by atoms with Gasteiger partial charge in [-0.15, -0.1) is 0 Å². The van der Waals surface area contributed by atoms with E-state index in [2.05, 4.69) is 24.4 Å². The van der Waals surface area contributed by atoms with E-state index in [4.69, 9.17) is 0 Å². The lowest BCUT2D eigenvalue weighted by molar-refractivity contribution is 0.399. The summed E-state index contributed by atoms with van der Waals surface area (Å²) in [7, 11) is -3.18. The molecule has 2 aliphatic rings. The normalized spacial score (nSPS) is 28.8. The molecule has 1 fully saturated rings. The molecule has 3 rings (SSSR count). The Hall–Kier alpha value is -1.29. The van der Waals surface area contributed by atoms with Crippen molar-refractivity contribution in [3.05, 3.63) is 36.4 Å². The van der Waals surface area contributed by atoms with Crippen molar-refractivity contribution in [3.8, 4) is 0 Å². The maximum absolute atomic E-state index is 12.2. The topological polar surface area (TPSA) is 46.2 Å². The lowest BCUT2D eigenvalue weighted by Gasteiger charge is -2.28. The fourth-order valence-electron chi connectivity index (χ4n) is 3.76. The van der Waals surface area contributed by atoms with Crippen molar-refractivity contribution in [3.63, 3.8) is 0 Å². The molecule has 0 amide bonds. The molecule has 4 atom stereocenters. The number of rotatable bonds is 5. The van der Waals surface area contributed by atoms with Crippen LogP contribution >= 0.6 is 0 Å². The predicted molar refractivity (Wildman–Crippen MR) is 86.1 cm³/mol. The first-order valence-corrected chi connectivity index (χ1v) is 9.43. The molecule has 4 heteroatoms. The van der Waals surface area contributed by atoms with Crippen LogP contribution in [0, 0.1) is 17.8 Å². The van der Waals surface area contributed by atoms with Gasteiger partial charge in [-0.25, -0.2) is 8.42 Å². The number of sulfone groups is 1. The second kappa shape index (κ2) is 5.48. The number of anilines is 1. The molecule has 114 valence electrons. The van der Waals surface area contributed by atoms with Gasteiger partial charge in [0.05, 0.1) is 16.3 Å². The molecule has 2 aliphatic carbocycles.